The molecule has 1 aromatic heterocycles. The van der Waals surface area contributed by atoms with Gasteiger partial charge < -0.3 is 10.8 Å². The van der Waals surface area contributed by atoms with Crippen molar-refractivity contribution >= 4 is 5.82 Å². The van der Waals surface area contributed by atoms with Gasteiger partial charge in [0.15, 0.2) is 11.6 Å². The lowest BCUT2D eigenvalue weighted by atomic mass is 10.0. The van der Waals surface area contributed by atoms with Crippen molar-refractivity contribution in [3.05, 3.63) is 29.7 Å². The molecule has 2 aromatic rings. The fourth-order valence-corrected chi connectivity index (χ4v) is 1.51. The van der Waals surface area contributed by atoms with Crippen LogP contribution < -0.4 is 5.73 Å². The minimum atomic E-state index is -0.859. The van der Waals surface area contributed by atoms with Crippen molar-refractivity contribution < 1.29 is 9.50 Å². The quantitative estimate of drug-likeness (QED) is 0.777. The smallest absolute Gasteiger partial charge is 0.169 e. The van der Waals surface area contributed by atoms with Gasteiger partial charge in [-0.15, -0.1) is 0 Å². The number of phenolic OH excluding ortho intramolecular Hbond substituents is 1. The second-order valence-corrected chi connectivity index (χ2v) is 3.53. The molecular weight excluding hydrogens is 223 g/mol. The summed E-state index contributed by atoms with van der Waals surface area (Å²) in [5, 5.41) is 22.0. The molecule has 0 unspecified atom stereocenters. The molecule has 0 saturated heterocycles. The number of nitrogens with zero attached hydrogens (tertiary/aromatic N) is 3. The third-order valence-corrected chi connectivity index (χ3v) is 2.48. The molecule has 0 bridgehead atoms. The Morgan fingerprint density at radius 2 is 2.24 bits per heavy atom. The highest BCUT2D eigenvalue weighted by Gasteiger charge is 2.14. The predicted octanol–water partition coefficient (Wildman–Crippen LogP) is 1.39. The summed E-state index contributed by atoms with van der Waals surface area (Å²) in [6.07, 6.45) is 1.47. The van der Waals surface area contributed by atoms with Crippen LogP contribution in [0.5, 0.6) is 5.75 Å². The number of nitrogen functional groups attached to an aromatic ring is 1. The lowest BCUT2D eigenvalue weighted by Gasteiger charge is -2.04. The van der Waals surface area contributed by atoms with Crippen LogP contribution >= 0.6 is 0 Å². The van der Waals surface area contributed by atoms with E-state index in [-0.39, 0.29) is 5.56 Å². The molecule has 86 valence electrons. The Morgan fingerprint density at radius 3 is 2.76 bits per heavy atom. The number of anilines is 1. The summed E-state index contributed by atoms with van der Waals surface area (Å²) in [4.78, 5) is 0. The monoisotopic (exact) mass is 232 g/mol. The Morgan fingerprint density at radius 1 is 1.53 bits per heavy atom. The Balaban J connectivity index is 2.66. The first-order chi connectivity index (χ1) is 8.04. The van der Waals surface area contributed by atoms with E-state index in [0.29, 0.717) is 16.9 Å². The van der Waals surface area contributed by atoms with Gasteiger partial charge in [0, 0.05) is 12.6 Å². The Bertz CT molecular complexity index is 627. The molecule has 0 radical (unpaired) electrons. The zero-order valence-electron chi connectivity index (χ0n) is 8.98. The molecule has 0 amide bonds. The van der Waals surface area contributed by atoms with Gasteiger partial charge in [-0.2, -0.15) is 10.4 Å². The first-order valence-corrected chi connectivity index (χ1v) is 4.75. The number of rotatable bonds is 1. The molecule has 3 N–H and O–H groups in total. The maximum atomic E-state index is 13.4. The summed E-state index contributed by atoms with van der Waals surface area (Å²) in [6.45, 7) is 0. The first-order valence-electron chi connectivity index (χ1n) is 4.75. The van der Waals surface area contributed by atoms with Gasteiger partial charge in [0.05, 0.1) is 11.8 Å². The number of halogens is 1. The van der Waals surface area contributed by atoms with Gasteiger partial charge in [0.1, 0.15) is 11.9 Å². The summed E-state index contributed by atoms with van der Waals surface area (Å²) in [5.41, 5.74) is 6.53. The standard InChI is InChI=1S/C11H9FN4O/c1-16-11(14)8(5-15-16)6-2-7(4-13)10(17)9(12)3-6/h2-3,5,17H,14H2,1H3. The van der Waals surface area contributed by atoms with E-state index in [1.807, 2.05) is 0 Å². The van der Waals surface area contributed by atoms with E-state index >= 15 is 0 Å². The molecule has 0 aliphatic heterocycles. The van der Waals surface area contributed by atoms with E-state index in [1.165, 1.54) is 16.9 Å². The van der Waals surface area contributed by atoms with Gasteiger partial charge in [-0.05, 0) is 17.7 Å². The number of nitriles is 1. The van der Waals surface area contributed by atoms with Crippen LogP contribution in [0.3, 0.4) is 0 Å². The fraction of sp³-hybridized carbons (Fsp3) is 0.0909. The van der Waals surface area contributed by atoms with Gasteiger partial charge in [-0.1, -0.05) is 0 Å². The van der Waals surface area contributed by atoms with Crippen LogP contribution in [-0.2, 0) is 7.05 Å². The van der Waals surface area contributed by atoms with Crippen LogP contribution in [0.15, 0.2) is 18.3 Å². The molecule has 5 nitrogen and oxygen atoms in total. The van der Waals surface area contributed by atoms with Crippen molar-refractivity contribution in [1.29, 1.82) is 5.26 Å². The third-order valence-electron chi connectivity index (χ3n) is 2.48. The van der Waals surface area contributed by atoms with Gasteiger partial charge in [-0.25, -0.2) is 4.39 Å². The molecule has 0 fully saturated rings. The molecule has 0 saturated carbocycles. The van der Waals surface area contributed by atoms with Gasteiger partial charge >= 0.3 is 0 Å². The normalized spacial score (nSPS) is 10.2. The average Bonchev–Trinajstić information content (AvgIpc) is 2.64. The predicted molar refractivity (Wildman–Crippen MR) is 59.4 cm³/mol. The molecule has 0 spiro atoms. The Hall–Kier alpha value is -2.55. The van der Waals surface area contributed by atoms with Crippen molar-refractivity contribution in [2.24, 2.45) is 7.05 Å². The largest absolute Gasteiger partial charge is 0.504 e. The maximum Gasteiger partial charge on any atom is 0.169 e. The number of phenols is 1. The van der Waals surface area contributed by atoms with Crippen molar-refractivity contribution in [1.82, 2.24) is 9.78 Å². The van der Waals surface area contributed by atoms with Crippen LogP contribution in [0.4, 0.5) is 10.2 Å². The summed E-state index contributed by atoms with van der Waals surface area (Å²) in [6, 6.07) is 4.20. The molecule has 0 atom stereocenters. The average molecular weight is 232 g/mol. The second kappa shape index (κ2) is 3.79. The van der Waals surface area contributed by atoms with E-state index in [4.69, 9.17) is 11.0 Å². The Kier molecular flexibility index (Phi) is 2.44. The highest BCUT2D eigenvalue weighted by Crippen LogP contribution is 2.31. The van der Waals surface area contributed by atoms with Gasteiger partial charge in [0.25, 0.3) is 0 Å². The molecule has 1 aromatic carbocycles. The molecule has 2 rings (SSSR count). The second-order valence-electron chi connectivity index (χ2n) is 3.53. The van der Waals surface area contributed by atoms with E-state index in [9.17, 15) is 9.50 Å². The molecule has 1 heterocycles. The highest BCUT2D eigenvalue weighted by atomic mass is 19.1. The number of nitrogens with two attached hydrogens (primary N) is 1. The number of hydrogen-bond acceptors (Lipinski definition) is 4. The minimum absolute atomic E-state index is 0.136. The lowest BCUT2D eigenvalue weighted by Crippen LogP contribution is -1.98. The van der Waals surface area contributed by atoms with E-state index in [0.717, 1.165) is 6.07 Å². The number of benzene rings is 1. The van der Waals surface area contributed by atoms with E-state index < -0.39 is 11.6 Å². The SMILES string of the molecule is Cn1ncc(-c2cc(F)c(O)c(C#N)c2)c1N. The van der Waals surface area contributed by atoms with Crippen LogP contribution in [-0.4, -0.2) is 14.9 Å². The van der Waals surface area contributed by atoms with Gasteiger partial charge in [0.2, 0.25) is 0 Å². The number of hydrogen-bond donors (Lipinski definition) is 2. The lowest BCUT2D eigenvalue weighted by molar-refractivity contribution is 0.431. The number of aromatic nitrogens is 2. The van der Waals surface area contributed by atoms with Crippen LogP contribution in [0.1, 0.15) is 5.56 Å². The van der Waals surface area contributed by atoms with E-state index in [1.54, 1.807) is 13.1 Å². The van der Waals surface area contributed by atoms with Crippen LogP contribution in [0, 0.1) is 17.1 Å². The minimum Gasteiger partial charge on any atom is -0.504 e. The molecular formula is C11H9FN4O. The third kappa shape index (κ3) is 1.67. The zero-order chi connectivity index (χ0) is 12.6. The summed E-state index contributed by atoms with van der Waals surface area (Å²) in [5.74, 6) is -1.15. The maximum absolute atomic E-state index is 13.4. The number of aryl methyl sites for hydroxylation is 1. The summed E-state index contributed by atoms with van der Waals surface area (Å²) >= 11 is 0. The van der Waals surface area contributed by atoms with Crippen molar-refractivity contribution in [2.75, 3.05) is 5.73 Å². The van der Waals surface area contributed by atoms with Crippen LogP contribution in [0.2, 0.25) is 0 Å². The zero-order valence-corrected chi connectivity index (χ0v) is 8.98. The van der Waals surface area contributed by atoms with Crippen molar-refractivity contribution in [2.45, 2.75) is 0 Å². The Labute approximate surface area is 96.5 Å². The fourth-order valence-electron chi connectivity index (χ4n) is 1.51. The molecule has 17 heavy (non-hydrogen) atoms. The summed E-state index contributed by atoms with van der Waals surface area (Å²) in [7, 11) is 1.65. The van der Waals surface area contributed by atoms with Gasteiger partial charge in [-0.3, -0.25) is 4.68 Å². The highest BCUT2D eigenvalue weighted by molar-refractivity contribution is 5.75. The summed E-state index contributed by atoms with van der Waals surface area (Å²) < 4.78 is 14.8. The molecule has 6 heteroatoms. The molecule has 0 aliphatic rings. The number of aromatic hydroxyl groups is 1. The first kappa shape index (κ1) is 11.0. The van der Waals surface area contributed by atoms with E-state index in [2.05, 4.69) is 5.10 Å². The van der Waals surface area contributed by atoms with Crippen LogP contribution in [0.25, 0.3) is 11.1 Å². The topological polar surface area (TPSA) is 87.9 Å². The van der Waals surface area contributed by atoms with Crippen molar-refractivity contribution in [3.63, 3.8) is 0 Å². The molecule has 0 aliphatic carbocycles. The van der Waals surface area contributed by atoms with Crippen molar-refractivity contribution in [3.8, 4) is 22.9 Å².